The van der Waals surface area contributed by atoms with E-state index in [4.69, 9.17) is 24.3 Å². The van der Waals surface area contributed by atoms with Gasteiger partial charge in [0.2, 0.25) is 0 Å². The highest BCUT2D eigenvalue weighted by molar-refractivity contribution is 7.47. The topological polar surface area (TPSA) is 134 Å². The van der Waals surface area contributed by atoms with Crippen LogP contribution in [0.1, 0.15) is 213 Å². The number of unbranched alkanes of at least 4 members (excludes halogenated alkanes) is 25. The minimum absolute atomic E-state index is 0.0531. The molecular formula is C44H84NO8P. The Morgan fingerprint density at radius 3 is 1.46 bits per heavy atom. The fourth-order valence-electron chi connectivity index (χ4n) is 6.24. The monoisotopic (exact) mass is 786 g/mol. The molecule has 2 atom stereocenters. The molecule has 0 bridgehead atoms. The van der Waals surface area contributed by atoms with Crippen molar-refractivity contribution in [2.75, 3.05) is 26.4 Å². The van der Waals surface area contributed by atoms with Crippen LogP contribution in [0.15, 0.2) is 24.3 Å². The lowest BCUT2D eigenvalue weighted by atomic mass is 10.0. The molecule has 1 unspecified atom stereocenters. The molecule has 0 aromatic carbocycles. The normalized spacial score (nSPS) is 13.5. The molecule has 54 heavy (non-hydrogen) atoms. The summed E-state index contributed by atoms with van der Waals surface area (Å²) in [6.45, 7) is 3.70. The first kappa shape index (κ1) is 52.5. The molecule has 0 aliphatic heterocycles. The second kappa shape index (κ2) is 41.1. The van der Waals surface area contributed by atoms with Gasteiger partial charge in [-0.2, -0.15) is 0 Å². The minimum atomic E-state index is -4.38. The van der Waals surface area contributed by atoms with Crippen LogP contribution in [-0.4, -0.2) is 49.3 Å². The Labute approximate surface area is 332 Å². The third-order valence-electron chi connectivity index (χ3n) is 9.59. The molecule has 0 fully saturated rings. The summed E-state index contributed by atoms with van der Waals surface area (Å²) in [5.41, 5.74) is 5.35. The van der Waals surface area contributed by atoms with Crippen LogP contribution in [0, 0.1) is 0 Å². The maximum Gasteiger partial charge on any atom is 0.472 e. The van der Waals surface area contributed by atoms with Crippen LogP contribution in [0.3, 0.4) is 0 Å². The Balaban J connectivity index is 4.10. The van der Waals surface area contributed by atoms with Gasteiger partial charge in [-0.3, -0.25) is 18.6 Å². The van der Waals surface area contributed by atoms with Gasteiger partial charge in [0.15, 0.2) is 6.10 Å². The van der Waals surface area contributed by atoms with E-state index < -0.39 is 32.5 Å². The molecule has 0 radical (unpaired) electrons. The average molecular weight is 786 g/mol. The zero-order chi connectivity index (χ0) is 39.6. The van der Waals surface area contributed by atoms with E-state index in [-0.39, 0.29) is 32.6 Å². The Bertz CT molecular complexity index is 944. The molecule has 3 N–H and O–H groups in total. The van der Waals surface area contributed by atoms with Crippen molar-refractivity contribution in [1.82, 2.24) is 0 Å². The van der Waals surface area contributed by atoms with Gasteiger partial charge in [-0.25, -0.2) is 4.57 Å². The lowest BCUT2D eigenvalue weighted by molar-refractivity contribution is -0.161. The van der Waals surface area contributed by atoms with Gasteiger partial charge >= 0.3 is 19.8 Å². The van der Waals surface area contributed by atoms with Gasteiger partial charge in [-0.1, -0.05) is 186 Å². The number of phosphoric acid groups is 1. The molecule has 0 saturated heterocycles. The lowest BCUT2D eigenvalue weighted by Gasteiger charge is -2.19. The van der Waals surface area contributed by atoms with E-state index in [1.165, 1.54) is 116 Å². The van der Waals surface area contributed by atoms with Crippen molar-refractivity contribution < 1.29 is 37.6 Å². The summed E-state index contributed by atoms with van der Waals surface area (Å²) in [6, 6.07) is 0. The molecule has 0 saturated carbocycles. The van der Waals surface area contributed by atoms with Crippen molar-refractivity contribution in [2.24, 2.45) is 5.73 Å². The molecule has 318 valence electrons. The lowest BCUT2D eigenvalue weighted by Crippen LogP contribution is -2.29. The number of carbonyl (C=O) groups is 2. The van der Waals surface area contributed by atoms with E-state index in [9.17, 15) is 19.0 Å². The van der Waals surface area contributed by atoms with Crippen molar-refractivity contribution in [3.05, 3.63) is 24.3 Å². The second-order valence-electron chi connectivity index (χ2n) is 14.9. The maximum absolute atomic E-state index is 12.6. The molecule has 0 aliphatic carbocycles. The highest BCUT2D eigenvalue weighted by Crippen LogP contribution is 2.43. The first-order valence-electron chi connectivity index (χ1n) is 22.3. The van der Waals surface area contributed by atoms with Gasteiger partial charge in [0.25, 0.3) is 0 Å². The molecule has 0 heterocycles. The van der Waals surface area contributed by atoms with Gasteiger partial charge in [-0.05, 0) is 38.5 Å². The van der Waals surface area contributed by atoms with Gasteiger partial charge in [0.1, 0.15) is 6.61 Å². The van der Waals surface area contributed by atoms with E-state index in [1.807, 2.05) is 0 Å². The number of ether oxygens (including phenoxy) is 2. The van der Waals surface area contributed by atoms with Gasteiger partial charge < -0.3 is 20.1 Å². The van der Waals surface area contributed by atoms with Crippen LogP contribution in [0.5, 0.6) is 0 Å². The fraction of sp³-hybridized carbons (Fsp3) is 0.864. The average Bonchev–Trinajstić information content (AvgIpc) is 3.16. The Morgan fingerprint density at radius 2 is 0.981 bits per heavy atom. The number of phosphoric ester groups is 1. The number of rotatable bonds is 42. The predicted octanol–water partition coefficient (Wildman–Crippen LogP) is 12.8. The summed E-state index contributed by atoms with van der Waals surface area (Å²) in [6.07, 6.45) is 43.5. The Kier molecular flexibility index (Phi) is 40.0. The summed E-state index contributed by atoms with van der Waals surface area (Å²) < 4.78 is 32.8. The third-order valence-corrected chi connectivity index (χ3v) is 10.6. The molecule has 0 amide bonds. The summed E-state index contributed by atoms with van der Waals surface area (Å²) in [4.78, 5) is 34.9. The number of allylic oxidation sites excluding steroid dienone is 4. The van der Waals surface area contributed by atoms with Crippen molar-refractivity contribution >= 4 is 19.8 Å². The molecular weight excluding hydrogens is 701 g/mol. The van der Waals surface area contributed by atoms with Gasteiger partial charge in [0.05, 0.1) is 13.2 Å². The SMILES string of the molecule is CCCC/C=C/C/C=C/CCCCCCCC(=O)OC[C@H](COP(=O)(O)OCCN)OC(=O)CCCCCCCCCCCCCCCCCCCCC. The zero-order valence-corrected chi connectivity index (χ0v) is 35.9. The Morgan fingerprint density at radius 1 is 0.556 bits per heavy atom. The third kappa shape index (κ3) is 40.2. The molecule has 10 heteroatoms. The standard InChI is InChI=1S/C44H84NO8P/c1-3-5-7-9-11-13-15-17-19-20-21-22-23-25-27-29-31-33-35-37-44(47)53-42(41-52-54(48,49)51-39-38-45)40-50-43(46)36-34-32-30-28-26-24-18-16-14-12-10-8-6-4-2/h10,12,16,18,42H,3-9,11,13-15,17,19-41,45H2,1-2H3,(H,48,49)/b12-10+,18-16+/t42-/m1/s1. The van der Waals surface area contributed by atoms with Crippen LogP contribution in [0.4, 0.5) is 0 Å². The molecule has 9 nitrogen and oxygen atoms in total. The van der Waals surface area contributed by atoms with Crippen LogP contribution in [-0.2, 0) is 32.7 Å². The zero-order valence-electron chi connectivity index (χ0n) is 35.0. The number of hydrogen-bond acceptors (Lipinski definition) is 8. The number of hydrogen-bond donors (Lipinski definition) is 2. The van der Waals surface area contributed by atoms with E-state index in [2.05, 4.69) is 38.2 Å². The Hall–Kier alpha value is -1.51. The molecule has 0 aromatic heterocycles. The van der Waals surface area contributed by atoms with E-state index in [0.717, 1.165) is 64.2 Å². The number of nitrogens with two attached hydrogens (primary N) is 1. The predicted molar refractivity (Wildman–Crippen MR) is 224 cm³/mol. The van der Waals surface area contributed by atoms with Crippen molar-refractivity contribution in [1.29, 1.82) is 0 Å². The van der Waals surface area contributed by atoms with Crippen molar-refractivity contribution in [3.8, 4) is 0 Å². The molecule has 0 spiro atoms. The van der Waals surface area contributed by atoms with Crippen molar-refractivity contribution in [2.45, 2.75) is 219 Å². The largest absolute Gasteiger partial charge is 0.472 e. The smallest absolute Gasteiger partial charge is 0.462 e. The second-order valence-corrected chi connectivity index (χ2v) is 16.4. The first-order valence-corrected chi connectivity index (χ1v) is 23.8. The maximum atomic E-state index is 12.6. The summed E-state index contributed by atoms with van der Waals surface area (Å²) in [7, 11) is -4.38. The minimum Gasteiger partial charge on any atom is -0.462 e. The van der Waals surface area contributed by atoms with Crippen LogP contribution >= 0.6 is 7.82 Å². The highest BCUT2D eigenvalue weighted by Gasteiger charge is 2.26. The van der Waals surface area contributed by atoms with Crippen LogP contribution < -0.4 is 5.73 Å². The summed E-state index contributed by atoms with van der Waals surface area (Å²) >= 11 is 0. The van der Waals surface area contributed by atoms with Crippen LogP contribution in [0.2, 0.25) is 0 Å². The highest BCUT2D eigenvalue weighted by atomic mass is 31.2. The fourth-order valence-corrected chi connectivity index (χ4v) is 7.01. The molecule has 0 rings (SSSR count). The first-order chi connectivity index (χ1) is 26.3. The number of carbonyl (C=O) groups excluding carboxylic acids is 2. The van der Waals surface area contributed by atoms with E-state index in [1.54, 1.807) is 0 Å². The number of esters is 2. The van der Waals surface area contributed by atoms with E-state index in [0.29, 0.717) is 6.42 Å². The van der Waals surface area contributed by atoms with Gasteiger partial charge in [-0.15, -0.1) is 0 Å². The van der Waals surface area contributed by atoms with E-state index >= 15 is 0 Å². The van der Waals surface area contributed by atoms with Crippen molar-refractivity contribution in [3.63, 3.8) is 0 Å². The van der Waals surface area contributed by atoms with Gasteiger partial charge in [0, 0.05) is 19.4 Å². The molecule has 0 aromatic rings. The summed E-state index contributed by atoms with van der Waals surface area (Å²) in [5.74, 6) is -0.836. The summed E-state index contributed by atoms with van der Waals surface area (Å²) in [5, 5.41) is 0. The molecule has 0 aliphatic rings. The quantitative estimate of drug-likeness (QED) is 0.0268. The van der Waals surface area contributed by atoms with Crippen LogP contribution in [0.25, 0.3) is 0 Å².